The number of aryl methyl sites for hydroxylation is 1. The number of Topliss-reactive ketones (excluding diaryl/α,β-unsaturated/α-hetero) is 1. The van der Waals surface area contributed by atoms with Crippen molar-refractivity contribution in [2.45, 2.75) is 6.42 Å². The van der Waals surface area contributed by atoms with Crippen molar-refractivity contribution in [1.29, 1.82) is 0 Å². The number of nitrogens with zero attached hydrogens (tertiary/aromatic N) is 2. The Labute approximate surface area is 106 Å². The molecule has 0 atom stereocenters. The molecule has 0 aliphatic carbocycles. The molecule has 0 amide bonds. The first-order chi connectivity index (χ1) is 8.08. The van der Waals surface area contributed by atoms with Crippen LogP contribution in [-0.2, 0) is 13.5 Å². The summed E-state index contributed by atoms with van der Waals surface area (Å²) in [6.07, 6.45) is 3.35. The summed E-state index contributed by atoms with van der Waals surface area (Å²) in [6, 6.07) is 4.65. The maximum Gasteiger partial charge on any atom is 0.187 e. The van der Waals surface area contributed by atoms with E-state index in [1.165, 1.54) is 6.07 Å². The van der Waals surface area contributed by atoms with Crippen LogP contribution in [-0.4, -0.2) is 15.3 Å². The number of imidazole rings is 1. The smallest absolute Gasteiger partial charge is 0.187 e. The van der Waals surface area contributed by atoms with Gasteiger partial charge in [-0.2, -0.15) is 0 Å². The number of carbonyl (C=O) groups excluding carboxylic acids is 1. The van der Waals surface area contributed by atoms with Gasteiger partial charge in [-0.15, -0.1) is 0 Å². The third-order valence-corrected chi connectivity index (χ3v) is 3.26. The van der Waals surface area contributed by atoms with Gasteiger partial charge >= 0.3 is 0 Å². The average Bonchev–Trinajstić information content (AvgIpc) is 2.72. The molecule has 0 N–H and O–H groups in total. The number of aromatic nitrogens is 2. The Morgan fingerprint density at radius 2 is 2.29 bits per heavy atom. The van der Waals surface area contributed by atoms with E-state index in [2.05, 4.69) is 20.9 Å². The second-order valence-corrected chi connectivity index (χ2v) is 4.53. The minimum Gasteiger partial charge on any atom is -0.340 e. The normalized spacial score (nSPS) is 10.5. The maximum absolute atomic E-state index is 13.3. The zero-order chi connectivity index (χ0) is 12.4. The number of hydrogen-bond acceptors (Lipinski definition) is 2. The van der Waals surface area contributed by atoms with Crippen molar-refractivity contribution in [2.24, 2.45) is 7.05 Å². The largest absolute Gasteiger partial charge is 0.340 e. The Balaban J connectivity index is 2.21. The lowest BCUT2D eigenvalue weighted by Gasteiger charge is -2.03. The highest BCUT2D eigenvalue weighted by atomic mass is 79.9. The first-order valence-corrected chi connectivity index (χ1v) is 5.81. The molecule has 0 saturated heterocycles. The summed E-state index contributed by atoms with van der Waals surface area (Å²) in [7, 11) is 1.79. The van der Waals surface area contributed by atoms with E-state index in [0.29, 0.717) is 15.7 Å². The van der Waals surface area contributed by atoms with Crippen LogP contribution < -0.4 is 0 Å². The average molecular weight is 297 g/mol. The Kier molecular flexibility index (Phi) is 3.38. The monoisotopic (exact) mass is 296 g/mol. The Morgan fingerprint density at radius 1 is 1.53 bits per heavy atom. The van der Waals surface area contributed by atoms with E-state index >= 15 is 0 Å². The molecule has 0 unspecified atom stereocenters. The molecule has 5 heteroatoms. The summed E-state index contributed by atoms with van der Waals surface area (Å²) in [6.45, 7) is 0. The lowest BCUT2D eigenvalue weighted by molar-refractivity contribution is 0.0988. The SMILES string of the molecule is Cn1cnc(C(=O)Cc2cccc(F)c2Br)c1. The number of ketones is 1. The van der Waals surface area contributed by atoms with Crippen molar-refractivity contribution in [3.8, 4) is 0 Å². The van der Waals surface area contributed by atoms with E-state index in [0.717, 1.165) is 0 Å². The third kappa shape index (κ3) is 2.61. The van der Waals surface area contributed by atoms with Crippen LogP contribution in [0, 0.1) is 5.82 Å². The Hall–Kier alpha value is -1.49. The van der Waals surface area contributed by atoms with Crippen LogP contribution in [0.4, 0.5) is 4.39 Å². The summed E-state index contributed by atoms with van der Waals surface area (Å²) in [4.78, 5) is 15.8. The van der Waals surface area contributed by atoms with Gasteiger partial charge < -0.3 is 4.57 Å². The fourth-order valence-electron chi connectivity index (χ4n) is 1.51. The molecule has 0 fully saturated rings. The Bertz CT molecular complexity index is 565. The molecule has 0 radical (unpaired) electrons. The second-order valence-electron chi connectivity index (χ2n) is 3.74. The number of halogens is 2. The lowest BCUT2D eigenvalue weighted by atomic mass is 10.1. The molecule has 2 rings (SSSR count). The topological polar surface area (TPSA) is 34.9 Å². The third-order valence-electron chi connectivity index (χ3n) is 2.37. The highest BCUT2D eigenvalue weighted by Crippen LogP contribution is 2.21. The number of benzene rings is 1. The van der Waals surface area contributed by atoms with Gasteiger partial charge in [0.15, 0.2) is 5.78 Å². The molecule has 1 heterocycles. The van der Waals surface area contributed by atoms with E-state index < -0.39 is 0 Å². The molecule has 1 aromatic carbocycles. The number of hydrogen-bond donors (Lipinski definition) is 0. The van der Waals surface area contributed by atoms with Crippen LogP contribution in [0.1, 0.15) is 16.1 Å². The van der Waals surface area contributed by atoms with Crippen molar-refractivity contribution >= 4 is 21.7 Å². The lowest BCUT2D eigenvalue weighted by Crippen LogP contribution is -2.05. The first-order valence-electron chi connectivity index (χ1n) is 5.02. The van der Waals surface area contributed by atoms with Crippen molar-refractivity contribution in [1.82, 2.24) is 9.55 Å². The molecule has 0 aliphatic heterocycles. The molecule has 0 spiro atoms. The minimum atomic E-state index is -0.365. The van der Waals surface area contributed by atoms with E-state index in [4.69, 9.17) is 0 Å². The van der Waals surface area contributed by atoms with Crippen molar-refractivity contribution in [2.75, 3.05) is 0 Å². The van der Waals surface area contributed by atoms with Crippen LogP contribution in [0.5, 0.6) is 0 Å². The van der Waals surface area contributed by atoms with Crippen LogP contribution in [0.25, 0.3) is 0 Å². The highest BCUT2D eigenvalue weighted by Gasteiger charge is 2.13. The molecule has 1 aromatic heterocycles. The minimum absolute atomic E-state index is 0.128. The number of carbonyl (C=O) groups is 1. The predicted octanol–water partition coefficient (Wildman–Crippen LogP) is 2.75. The quantitative estimate of drug-likeness (QED) is 0.817. The Morgan fingerprint density at radius 3 is 2.94 bits per heavy atom. The van der Waals surface area contributed by atoms with Gasteiger partial charge in [0.25, 0.3) is 0 Å². The van der Waals surface area contributed by atoms with Crippen LogP contribution >= 0.6 is 15.9 Å². The van der Waals surface area contributed by atoms with E-state index in [9.17, 15) is 9.18 Å². The fourth-order valence-corrected chi connectivity index (χ4v) is 1.91. The van der Waals surface area contributed by atoms with Gasteiger partial charge in [0, 0.05) is 19.7 Å². The summed E-state index contributed by atoms with van der Waals surface area (Å²) in [5.41, 5.74) is 1.02. The molecule has 88 valence electrons. The molecule has 0 aliphatic rings. The van der Waals surface area contributed by atoms with E-state index in [1.807, 2.05) is 0 Å². The summed E-state index contributed by atoms with van der Waals surface area (Å²) in [5.74, 6) is -0.492. The molecule has 0 saturated carbocycles. The summed E-state index contributed by atoms with van der Waals surface area (Å²) >= 11 is 3.13. The van der Waals surface area contributed by atoms with Gasteiger partial charge in [0.1, 0.15) is 11.5 Å². The van der Waals surface area contributed by atoms with Crippen molar-refractivity contribution in [3.05, 3.63) is 52.3 Å². The summed E-state index contributed by atoms with van der Waals surface area (Å²) < 4.78 is 15.3. The zero-order valence-corrected chi connectivity index (χ0v) is 10.7. The molecule has 0 bridgehead atoms. The van der Waals surface area contributed by atoms with Crippen molar-refractivity contribution in [3.63, 3.8) is 0 Å². The zero-order valence-electron chi connectivity index (χ0n) is 9.15. The van der Waals surface area contributed by atoms with Gasteiger partial charge in [0.2, 0.25) is 0 Å². The second kappa shape index (κ2) is 4.79. The molecule has 3 nitrogen and oxygen atoms in total. The first kappa shape index (κ1) is 12.0. The molecule has 17 heavy (non-hydrogen) atoms. The standard InChI is InChI=1S/C12H10BrFN2O/c1-16-6-10(15-7-16)11(17)5-8-3-2-4-9(14)12(8)13/h2-4,6-7H,5H2,1H3. The van der Waals surface area contributed by atoms with Crippen LogP contribution in [0.15, 0.2) is 35.2 Å². The summed E-state index contributed by atoms with van der Waals surface area (Å²) in [5, 5.41) is 0. The van der Waals surface area contributed by atoms with Gasteiger partial charge in [-0.3, -0.25) is 4.79 Å². The molecular weight excluding hydrogens is 287 g/mol. The molecule has 2 aromatic rings. The van der Waals surface area contributed by atoms with E-state index in [-0.39, 0.29) is 18.0 Å². The predicted molar refractivity (Wildman–Crippen MR) is 65.3 cm³/mol. The fraction of sp³-hybridized carbons (Fsp3) is 0.167. The maximum atomic E-state index is 13.3. The van der Waals surface area contributed by atoms with Crippen LogP contribution in [0.3, 0.4) is 0 Å². The van der Waals surface area contributed by atoms with Gasteiger partial charge in [-0.25, -0.2) is 9.37 Å². The van der Waals surface area contributed by atoms with Crippen molar-refractivity contribution < 1.29 is 9.18 Å². The van der Waals surface area contributed by atoms with Gasteiger partial charge in [-0.1, -0.05) is 12.1 Å². The number of rotatable bonds is 3. The van der Waals surface area contributed by atoms with Gasteiger partial charge in [-0.05, 0) is 27.6 Å². The van der Waals surface area contributed by atoms with Crippen LogP contribution in [0.2, 0.25) is 0 Å². The highest BCUT2D eigenvalue weighted by molar-refractivity contribution is 9.10. The molecular formula is C12H10BrFN2O. The van der Waals surface area contributed by atoms with E-state index in [1.54, 1.807) is 36.3 Å². The van der Waals surface area contributed by atoms with Gasteiger partial charge in [0.05, 0.1) is 10.8 Å².